The van der Waals surface area contributed by atoms with Gasteiger partial charge in [0.25, 0.3) is 0 Å². The Balaban J connectivity index is 1.76. The Kier molecular flexibility index (Phi) is 3.15. The van der Waals surface area contributed by atoms with Crippen molar-refractivity contribution >= 4 is 34.2 Å². The van der Waals surface area contributed by atoms with E-state index in [4.69, 9.17) is 23.2 Å². The SMILES string of the molecule is OC(c1ccc(Cl)cc1Cl)C1(n2nc3ccccc3n2)CC1. The molecule has 0 saturated heterocycles. The molecular formula is C16H13Cl2N3O. The van der Waals surface area contributed by atoms with E-state index in [0.29, 0.717) is 15.6 Å². The van der Waals surface area contributed by atoms with Crippen LogP contribution in [0, 0.1) is 0 Å². The minimum absolute atomic E-state index is 0.461. The molecule has 1 N–H and O–H groups in total. The topological polar surface area (TPSA) is 50.9 Å². The second-order valence-electron chi connectivity index (χ2n) is 5.65. The summed E-state index contributed by atoms with van der Waals surface area (Å²) in [5.74, 6) is 0. The molecule has 1 aliphatic carbocycles. The normalized spacial score (nSPS) is 17.6. The first-order chi connectivity index (χ1) is 10.6. The minimum Gasteiger partial charge on any atom is -0.386 e. The van der Waals surface area contributed by atoms with Crippen molar-refractivity contribution in [3.63, 3.8) is 0 Å². The van der Waals surface area contributed by atoms with Crippen LogP contribution in [0.3, 0.4) is 0 Å². The monoisotopic (exact) mass is 333 g/mol. The molecule has 1 heterocycles. The highest BCUT2D eigenvalue weighted by Crippen LogP contribution is 2.53. The molecule has 0 amide bonds. The Morgan fingerprint density at radius 3 is 2.23 bits per heavy atom. The van der Waals surface area contributed by atoms with Crippen LogP contribution in [-0.4, -0.2) is 20.1 Å². The second-order valence-corrected chi connectivity index (χ2v) is 6.49. The molecule has 1 aromatic heterocycles. The van der Waals surface area contributed by atoms with Crippen LogP contribution in [-0.2, 0) is 5.54 Å². The lowest BCUT2D eigenvalue weighted by molar-refractivity contribution is 0.0821. The van der Waals surface area contributed by atoms with Crippen LogP contribution in [0.4, 0.5) is 0 Å². The van der Waals surface area contributed by atoms with Gasteiger partial charge in [0, 0.05) is 15.6 Å². The summed E-state index contributed by atoms with van der Waals surface area (Å²) in [6.07, 6.45) is 0.862. The molecule has 22 heavy (non-hydrogen) atoms. The molecule has 112 valence electrons. The number of nitrogens with zero attached hydrogens (tertiary/aromatic N) is 3. The number of hydrogen-bond donors (Lipinski definition) is 1. The first-order valence-corrected chi connectivity index (χ1v) is 7.81. The van der Waals surface area contributed by atoms with Crippen molar-refractivity contribution in [3.05, 3.63) is 58.1 Å². The minimum atomic E-state index is -0.765. The lowest BCUT2D eigenvalue weighted by atomic mass is 10.0. The Morgan fingerprint density at radius 1 is 1.05 bits per heavy atom. The van der Waals surface area contributed by atoms with Gasteiger partial charge in [-0.3, -0.25) is 0 Å². The summed E-state index contributed by atoms with van der Waals surface area (Å²) in [5.41, 5.74) is 1.78. The van der Waals surface area contributed by atoms with Crippen LogP contribution in [0.25, 0.3) is 11.0 Å². The molecule has 6 heteroatoms. The van der Waals surface area contributed by atoms with Gasteiger partial charge >= 0.3 is 0 Å². The third-order valence-electron chi connectivity index (χ3n) is 4.21. The summed E-state index contributed by atoms with van der Waals surface area (Å²) >= 11 is 12.2. The third kappa shape index (κ3) is 2.10. The Morgan fingerprint density at radius 2 is 1.68 bits per heavy atom. The summed E-state index contributed by atoms with van der Waals surface area (Å²) in [5, 5.41) is 20.9. The highest BCUT2D eigenvalue weighted by molar-refractivity contribution is 6.35. The Hall–Kier alpha value is -1.62. The fraction of sp³-hybridized carbons (Fsp3) is 0.250. The average molecular weight is 334 g/mol. The zero-order valence-electron chi connectivity index (χ0n) is 11.6. The maximum absolute atomic E-state index is 10.8. The third-order valence-corrected chi connectivity index (χ3v) is 4.78. The van der Waals surface area contributed by atoms with E-state index in [0.717, 1.165) is 23.9 Å². The molecule has 0 aliphatic heterocycles. The van der Waals surface area contributed by atoms with E-state index >= 15 is 0 Å². The zero-order chi connectivity index (χ0) is 15.3. The molecule has 1 saturated carbocycles. The van der Waals surface area contributed by atoms with Crippen molar-refractivity contribution in [2.24, 2.45) is 0 Å². The van der Waals surface area contributed by atoms with E-state index in [1.54, 1.807) is 23.0 Å². The second kappa shape index (κ2) is 4.95. The van der Waals surface area contributed by atoms with Crippen molar-refractivity contribution in [2.45, 2.75) is 24.5 Å². The molecule has 4 nitrogen and oxygen atoms in total. The maximum atomic E-state index is 10.8. The molecular weight excluding hydrogens is 321 g/mol. The van der Waals surface area contributed by atoms with Gasteiger partial charge in [-0.15, -0.1) is 0 Å². The summed E-state index contributed by atoms with van der Waals surface area (Å²) in [6.45, 7) is 0. The van der Waals surface area contributed by atoms with E-state index < -0.39 is 11.6 Å². The molecule has 0 radical (unpaired) electrons. The smallest absolute Gasteiger partial charge is 0.113 e. The van der Waals surface area contributed by atoms with Crippen LogP contribution in [0.2, 0.25) is 10.0 Å². The lowest BCUT2D eigenvalue weighted by Gasteiger charge is -2.22. The van der Waals surface area contributed by atoms with Crippen LogP contribution in [0.5, 0.6) is 0 Å². The fourth-order valence-electron chi connectivity index (χ4n) is 2.78. The van der Waals surface area contributed by atoms with Crippen molar-refractivity contribution in [2.75, 3.05) is 0 Å². The van der Waals surface area contributed by atoms with E-state index in [1.165, 1.54) is 0 Å². The van der Waals surface area contributed by atoms with Gasteiger partial charge in [-0.25, -0.2) is 0 Å². The predicted molar refractivity (Wildman–Crippen MR) is 86.2 cm³/mol. The Bertz CT molecular complexity index is 824. The van der Waals surface area contributed by atoms with Crippen molar-refractivity contribution in [1.82, 2.24) is 15.0 Å². The van der Waals surface area contributed by atoms with E-state index in [9.17, 15) is 5.11 Å². The van der Waals surface area contributed by atoms with Gasteiger partial charge in [0.2, 0.25) is 0 Å². The van der Waals surface area contributed by atoms with Gasteiger partial charge in [-0.05, 0) is 37.1 Å². The van der Waals surface area contributed by atoms with E-state index in [-0.39, 0.29) is 0 Å². The highest BCUT2D eigenvalue weighted by Gasteiger charge is 2.54. The van der Waals surface area contributed by atoms with Gasteiger partial charge < -0.3 is 5.11 Å². The number of aliphatic hydroxyl groups is 1. The van der Waals surface area contributed by atoms with Gasteiger partial charge in [-0.1, -0.05) is 41.4 Å². The van der Waals surface area contributed by atoms with E-state index in [1.807, 2.05) is 24.3 Å². The number of hydrogen-bond acceptors (Lipinski definition) is 3. The van der Waals surface area contributed by atoms with Gasteiger partial charge in [0.05, 0.1) is 0 Å². The number of fused-ring (bicyclic) bond motifs is 1. The Labute approximate surface area is 137 Å². The molecule has 3 aromatic rings. The number of aliphatic hydroxyl groups excluding tert-OH is 1. The maximum Gasteiger partial charge on any atom is 0.113 e. The average Bonchev–Trinajstić information content (AvgIpc) is 3.20. The number of halogens is 2. The van der Waals surface area contributed by atoms with Gasteiger partial charge in [0.1, 0.15) is 22.7 Å². The molecule has 1 fully saturated rings. The highest BCUT2D eigenvalue weighted by atomic mass is 35.5. The molecule has 1 unspecified atom stereocenters. The first kappa shape index (κ1) is 14.0. The summed E-state index contributed by atoms with van der Waals surface area (Å²) in [7, 11) is 0. The van der Waals surface area contributed by atoms with E-state index in [2.05, 4.69) is 10.2 Å². The van der Waals surface area contributed by atoms with Crippen molar-refractivity contribution in [1.29, 1.82) is 0 Å². The first-order valence-electron chi connectivity index (χ1n) is 7.06. The van der Waals surface area contributed by atoms with Crippen molar-refractivity contribution in [3.8, 4) is 0 Å². The number of aromatic nitrogens is 3. The molecule has 0 spiro atoms. The van der Waals surface area contributed by atoms with Crippen molar-refractivity contribution < 1.29 is 5.11 Å². The summed E-state index contributed by atoms with van der Waals surface area (Å²) in [6, 6.07) is 12.8. The number of rotatable bonds is 3. The fourth-order valence-corrected chi connectivity index (χ4v) is 3.29. The standard InChI is InChI=1S/C16H13Cl2N3O/c17-10-5-6-11(12(18)9-10)15(22)16(7-8-16)21-19-13-3-1-2-4-14(13)20-21/h1-6,9,15,22H,7-8H2. The molecule has 2 aromatic carbocycles. The lowest BCUT2D eigenvalue weighted by Crippen LogP contribution is -2.28. The van der Waals surface area contributed by atoms with Gasteiger partial charge in [-0.2, -0.15) is 15.0 Å². The predicted octanol–water partition coefficient (Wildman–Crippen LogP) is 3.96. The molecule has 0 bridgehead atoms. The molecule has 1 atom stereocenters. The summed E-state index contributed by atoms with van der Waals surface area (Å²) < 4.78 is 0. The van der Waals surface area contributed by atoms with Crippen LogP contribution >= 0.6 is 23.2 Å². The quantitative estimate of drug-likeness (QED) is 0.789. The largest absolute Gasteiger partial charge is 0.386 e. The van der Waals surface area contributed by atoms with Crippen LogP contribution < -0.4 is 0 Å². The number of benzene rings is 2. The summed E-state index contributed by atoms with van der Waals surface area (Å²) in [4.78, 5) is 1.65. The molecule has 4 rings (SSSR count). The zero-order valence-corrected chi connectivity index (χ0v) is 13.1. The molecule has 1 aliphatic rings. The van der Waals surface area contributed by atoms with Crippen LogP contribution in [0.1, 0.15) is 24.5 Å². The van der Waals surface area contributed by atoms with Crippen LogP contribution in [0.15, 0.2) is 42.5 Å². The van der Waals surface area contributed by atoms with Gasteiger partial charge in [0.15, 0.2) is 0 Å².